The van der Waals surface area contributed by atoms with Gasteiger partial charge in [-0.05, 0) is 13.0 Å². The molecule has 0 aliphatic carbocycles. The SMILES string of the molecule is CC(=O)C[Si]. The number of carbonyl (C=O) groups excluding carboxylic acids is 1. The largest absolute Gasteiger partial charge is 0.300 e. The lowest BCUT2D eigenvalue weighted by Crippen LogP contribution is -1.83. The monoisotopic (exact) mass is 85.0 g/mol. The second-order valence-electron chi connectivity index (χ2n) is 0.879. The zero-order chi connectivity index (χ0) is 4.28. The van der Waals surface area contributed by atoms with Gasteiger partial charge in [-0.1, -0.05) is 0 Å². The van der Waals surface area contributed by atoms with Gasteiger partial charge < -0.3 is 4.79 Å². The molecule has 0 saturated carbocycles. The number of Topliss-reactive ketones (excluding diaryl/α,β-unsaturated/α-hetero) is 1. The summed E-state index contributed by atoms with van der Waals surface area (Å²) in [5.41, 5.74) is 0. The predicted octanol–water partition coefficient (Wildman–Crippen LogP) is 0.162. The minimum absolute atomic E-state index is 0.168. The zero-order valence-electron chi connectivity index (χ0n) is 3.12. The molecule has 3 radical (unpaired) electrons. The number of hydrogen-bond acceptors (Lipinski definition) is 1. The Morgan fingerprint density at radius 2 is 2.20 bits per heavy atom. The molecule has 5 heavy (non-hydrogen) atoms. The van der Waals surface area contributed by atoms with Crippen molar-refractivity contribution < 1.29 is 4.79 Å². The van der Waals surface area contributed by atoms with Crippen LogP contribution in [0.15, 0.2) is 0 Å². The lowest BCUT2D eigenvalue weighted by atomic mass is 10.5. The number of carbonyl (C=O) groups is 1. The molecular formula is C3H5OSi. The fraction of sp³-hybridized carbons (Fsp3) is 0.667. The summed E-state index contributed by atoms with van der Waals surface area (Å²) in [7, 11) is 3.01. The normalized spacial score (nSPS) is 7.60. The van der Waals surface area contributed by atoms with Crippen molar-refractivity contribution in [3.8, 4) is 0 Å². The smallest absolute Gasteiger partial charge is 0.126 e. The summed E-state index contributed by atoms with van der Waals surface area (Å²) < 4.78 is 0. The highest BCUT2D eigenvalue weighted by molar-refractivity contribution is 6.19. The van der Waals surface area contributed by atoms with Crippen LogP contribution in [0.5, 0.6) is 0 Å². The van der Waals surface area contributed by atoms with Crippen LogP contribution in [0.2, 0.25) is 6.04 Å². The van der Waals surface area contributed by atoms with Crippen molar-refractivity contribution >= 4 is 16.0 Å². The highest BCUT2D eigenvalue weighted by Gasteiger charge is 1.77. The van der Waals surface area contributed by atoms with Gasteiger partial charge in [-0.15, -0.1) is 0 Å². The van der Waals surface area contributed by atoms with Crippen LogP contribution in [0.1, 0.15) is 6.92 Å². The summed E-state index contributed by atoms with van der Waals surface area (Å²) in [5, 5.41) is 0. The van der Waals surface area contributed by atoms with Crippen molar-refractivity contribution in [2.45, 2.75) is 13.0 Å². The van der Waals surface area contributed by atoms with Crippen molar-refractivity contribution in [1.29, 1.82) is 0 Å². The highest BCUT2D eigenvalue weighted by Crippen LogP contribution is 1.68. The molecule has 0 amide bonds. The molecule has 0 N–H and O–H groups in total. The Kier molecular flexibility index (Phi) is 2.10. The molecular weight excluding hydrogens is 80.1 g/mol. The predicted molar refractivity (Wildman–Crippen MR) is 21.2 cm³/mol. The summed E-state index contributed by atoms with van der Waals surface area (Å²) in [5.74, 6) is 0.168. The fourth-order valence-electron chi connectivity index (χ4n) is 0. The van der Waals surface area contributed by atoms with Gasteiger partial charge in [0.25, 0.3) is 0 Å². The van der Waals surface area contributed by atoms with E-state index in [0.29, 0.717) is 6.04 Å². The van der Waals surface area contributed by atoms with E-state index in [1.54, 1.807) is 0 Å². The number of rotatable bonds is 1. The van der Waals surface area contributed by atoms with E-state index in [0.717, 1.165) is 0 Å². The maximum atomic E-state index is 9.76. The van der Waals surface area contributed by atoms with Crippen molar-refractivity contribution in [1.82, 2.24) is 0 Å². The first kappa shape index (κ1) is 4.89. The number of hydrogen-bond donors (Lipinski definition) is 0. The van der Waals surface area contributed by atoms with Gasteiger partial charge in [-0.2, -0.15) is 0 Å². The Hall–Kier alpha value is -0.113. The Balaban J connectivity index is 2.85. The molecule has 0 aliphatic heterocycles. The van der Waals surface area contributed by atoms with E-state index in [-0.39, 0.29) is 5.78 Å². The lowest BCUT2D eigenvalue weighted by Gasteiger charge is -1.71. The van der Waals surface area contributed by atoms with E-state index in [4.69, 9.17) is 0 Å². The van der Waals surface area contributed by atoms with Gasteiger partial charge in [0, 0.05) is 10.2 Å². The van der Waals surface area contributed by atoms with Gasteiger partial charge in [0.2, 0.25) is 0 Å². The van der Waals surface area contributed by atoms with Crippen LogP contribution in [0, 0.1) is 0 Å². The molecule has 0 saturated heterocycles. The topological polar surface area (TPSA) is 17.1 Å². The quantitative estimate of drug-likeness (QED) is 0.415. The molecule has 0 aromatic rings. The molecule has 2 heteroatoms. The van der Waals surface area contributed by atoms with Crippen LogP contribution in [0.3, 0.4) is 0 Å². The lowest BCUT2D eigenvalue weighted by molar-refractivity contribution is -0.114. The molecule has 0 fully saturated rings. The van der Waals surface area contributed by atoms with Crippen LogP contribution in [-0.4, -0.2) is 16.0 Å². The highest BCUT2D eigenvalue weighted by atomic mass is 28.1. The van der Waals surface area contributed by atoms with Gasteiger partial charge in [-0.3, -0.25) is 0 Å². The molecule has 0 bridgehead atoms. The Morgan fingerprint density at radius 3 is 2.20 bits per heavy atom. The maximum Gasteiger partial charge on any atom is 0.126 e. The average molecular weight is 85.2 g/mol. The average Bonchev–Trinajstić information content (AvgIpc) is 1.38. The van der Waals surface area contributed by atoms with E-state index in [1.165, 1.54) is 6.92 Å². The van der Waals surface area contributed by atoms with Gasteiger partial charge in [0.1, 0.15) is 5.78 Å². The Bertz CT molecular complexity index is 42.2. The summed E-state index contributed by atoms with van der Waals surface area (Å²) in [6.45, 7) is 1.53. The first-order chi connectivity index (χ1) is 2.27. The molecule has 0 heterocycles. The zero-order valence-corrected chi connectivity index (χ0v) is 4.12. The van der Waals surface area contributed by atoms with Gasteiger partial charge in [0.15, 0.2) is 0 Å². The summed E-state index contributed by atoms with van der Waals surface area (Å²) in [6.07, 6.45) is 0. The first-order valence-electron chi connectivity index (χ1n) is 1.41. The molecule has 0 aliphatic rings. The Labute approximate surface area is 34.8 Å². The summed E-state index contributed by atoms with van der Waals surface area (Å²) >= 11 is 0. The molecule has 0 spiro atoms. The fourth-order valence-corrected chi connectivity index (χ4v) is 0. The standard InChI is InChI=1S/C3H5OSi/c1-3(4)2-5/h2H2,1H3. The molecule has 0 rings (SSSR count). The van der Waals surface area contributed by atoms with Crippen molar-refractivity contribution in [3.63, 3.8) is 0 Å². The molecule has 1 nitrogen and oxygen atoms in total. The third kappa shape index (κ3) is 3.89. The van der Waals surface area contributed by atoms with E-state index >= 15 is 0 Å². The van der Waals surface area contributed by atoms with E-state index in [1.807, 2.05) is 0 Å². The van der Waals surface area contributed by atoms with E-state index < -0.39 is 0 Å². The minimum Gasteiger partial charge on any atom is -0.300 e. The molecule has 0 atom stereocenters. The van der Waals surface area contributed by atoms with Crippen LogP contribution < -0.4 is 0 Å². The molecule has 27 valence electrons. The van der Waals surface area contributed by atoms with Crippen molar-refractivity contribution in [3.05, 3.63) is 0 Å². The van der Waals surface area contributed by atoms with E-state index in [9.17, 15) is 4.79 Å². The van der Waals surface area contributed by atoms with Crippen LogP contribution in [0.4, 0.5) is 0 Å². The van der Waals surface area contributed by atoms with Crippen LogP contribution in [0.25, 0.3) is 0 Å². The summed E-state index contributed by atoms with van der Waals surface area (Å²) in [4.78, 5) is 9.76. The summed E-state index contributed by atoms with van der Waals surface area (Å²) in [6, 6.07) is 0.472. The first-order valence-corrected chi connectivity index (χ1v) is 2.12. The van der Waals surface area contributed by atoms with Gasteiger partial charge in [-0.25, -0.2) is 0 Å². The minimum atomic E-state index is 0.168. The Morgan fingerprint density at radius 1 is 2.00 bits per heavy atom. The third-order valence-corrected chi connectivity index (χ3v) is 0.747. The maximum absolute atomic E-state index is 9.76. The van der Waals surface area contributed by atoms with E-state index in [2.05, 4.69) is 10.2 Å². The third-order valence-electron chi connectivity index (χ3n) is 0.249. The van der Waals surface area contributed by atoms with Crippen LogP contribution in [-0.2, 0) is 4.79 Å². The van der Waals surface area contributed by atoms with Crippen LogP contribution >= 0.6 is 0 Å². The van der Waals surface area contributed by atoms with Gasteiger partial charge in [0.05, 0.1) is 0 Å². The van der Waals surface area contributed by atoms with Gasteiger partial charge >= 0.3 is 0 Å². The number of ketones is 1. The van der Waals surface area contributed by atoms with Crippen molar-refractivity contribution in [2.24, 2.45) is 0 Å². The van der Waals surface area contributed by atoms with Crippen molar-refractivity contribution in [2.75, 3.05) is 0 Å². The second-order valence-corrected chi connectivity index (χ2v) is 1.23. The molecule has 0 aromatic carbocycles. The molecule has 0 unspecified atom stereocenters. The second kappa shape index (κ2) is 2.14. The molecule has 0 aromatic heterocycles.